The van der Waals surface area contributed by atoms with E-state index in [1.807, 2.05) is 0 Å². The molecule has 0 aliphatic carbocycles. The first-order chi connectivity index (χ1) is 12.3. The summed E-state index contributed by atoms with van der Waals surface area (Å²) in [6.45, 7) is 7.71. The number of aryl methyl sites for hydroxylation is 2. The summed E-state index contributed by atoms with van der Waals surface area (Å²) in [5.74, 6) is -0.194. The largest absolute Gasteiger partial charge is 0.573 e. The Kier molecular flexibility index (Phi) is 9.08. The van der Waals surface area contributed by atoms with E-state index in [2.05, 4.69) is 47.0 Å². The minimum Gasteiger partial charge on any atom is -0.406 e. The van der Waals surface area contributed by atoms with E-state index in [4.69, 9.17) is 0 Å². The first-order valence-electron chi connectivity index (χ1n) is 8.71. The van der Waals surface area contributed by atoms with Gasteiger partial charge in [-0.2, -0.15) is 0 Å². The first kappa shape index (κ1) is 24.6. The number of nitrogens with one attached hydrogen (secondary N) is 1. The van der Waals surface area contributed by atoms with Crippen molar-refractivity contribution < 1.29 is 17.9 Å². The third kappa shape index (κ3) is 6.27. The normalized spacial score (nSPS) is 15.9. The molecule has 0 amide bonds. The highest BCUT2D eigenvalue weighted by Gasteiger charge is 2.31. The molecule has 1 aliphatic rings. The van der Waals surface area contributed by atoms with E-state index in [-0.39, 0.29) is 36.6 Å². The van der Waals surface area contributed by atoms with Gasteiger partial charge in [0.25, 0.3) is 0 Å². The van der Waals surface area contributed by atoms with Crippen molar-refractivity contribution in [2.45, 2.75) is 26.3 Å². The van der Waals surface area contributed by atoms with Gasteiger partial charge in [0.2, 0.25) is 0 Å². The molecule has 0 saturated carbocycles. The summed E-state index contributed by atoms with van der Waals surface area (Å²) >= 11 is 0. The van der Waals surface area contributed by atoms with Crippen LogP contribution in [-0.4, -0.2) is 37.4 Å². The molecule has 8 heteroatoms. The Morgan fingerprint density at radius 1 is 0.964 bits per heavy atom. The zero-order chi connectivity index (χ0) is 18.7. The molecule has 0 bridgehead atoms. The van der Waals surface area contributed by atoms with E-state index >= 15 is 0 Å². The van der Waals surface area contributed by atoms with Crippen molar-refractivity contribution in [2.24, 2.45) is 0 Å². The van der Waals surface area contributed by atoms with E-state index in [9.17, 15) is 13.2 Å². The van der Waals surface area contributed by atoms with Crippen molar-refractivity contribution >= 4 is 24.8 Å². The molecule has 1 atom stereocenters. The molecule has 2 aromatic carbocycles. The van der Waals surface area contributed by atoms with Crippen LogP contribution >= 0.6 is 24.8 Å². The smallest absolute Gasteiger partial charge is 0.406 e. The van der Waals surface area contributed by atoms with Gasteiger partial charge in [-0.1, -0.05) is 35.9 Å². The molecule has 0 radical (unpaired) electrons. The number of halogens is 5. The molecule has 2 aromatic rings. The summed E-state index contributed by atoms with van der Waals surface area (Å²) in [5.41, 5.74) is 4.53. The Morgan fingerprint density at radius 2 is 1.57 bits per heavy atom. The molecule has 28 heavy (non-hydrogen) atoms. The van der Waals surface area contributed by atoms with Crippen LogP contribution in [0.1, 0.15) is 28.3 Å². The number of benzene rings is 2. The Labute approximate surface area is 176 Å². The summed E-state index contributed by atoms with van der Waals surface area (Å²) in [5, 5.41) is 3.34. The maximum atomic E-state index is 12.4. The van der Waals surface area contributed by atoms with Crippen LogP contribution in [0, 0.1) is 13.8 Å². The van der Waals surface area contributed by atoms with Crippen molar-refractivity contribution in [3.8, 4) is 5.75 Å². The maximum Gasteiger partial charge on any atom is 0.573 e. The van der Waals surface area contributed by atoms with Crippen LogP contribution in [0.5, 0.6) is 5.75 Å². The monoisotopic (exact) mass is 436 g/mol. The molecule has 1 aliphatic heterocycles. The number of ether oxygens (including phenoxy) is 1. The quantitative estimate of drug-likeness (QED) is 0.726. The fraction of sp³-hybridized carbons (Fsp3) is 0.400. The number of piperazine rings is 1. The molecule has 0 unspecified atom stereocenters. The standard InChI is InChI=1S/C20H23F3N2O.2ClH/c1-14-3-8-18(15(2)13-14)19(25-11-9-24-10-12-25)16-4-6-17(7-5-16)26-20(21,22)23;;/h3-8,13,19,24H,9-12H2,1-2H3;2*1H/t19-;;/m0../s1. The van der Waals surface area contributed by atoms with Gasteiger partial charge in [-0.25, -0.2) is 0 Å². The van der Waals surface area contributed by atoms with Crippen LogP contribution in [0.15, 0.2) is 42.5 Å². The number of nitrogens with zero attached hydrogens (tertiary/aromatic N) is 1. The Morgan fingerprint density at radius 3 is 2.11 bits per heavy atom. The lowest BCUT2D eigenvalue weighted by atomic mass is 9.92. The Hall–Kier alpha value is -1.47. The van der Waals surface area contributed by atoms with Crippen molar-refractivity contribution in [3.05, 3.63) is 64.7 Å². The second kappa shape index (κ2) is 10.3. The Balaban J connectivity index is 0.00000196. The molecule has 1 heterocycles. The van der Waals surface area contributed by atoms with Crippen LogP contribution < -0.4 is 10.1 Å². The maximum absolute atomic E-state index is 12.4. The lowest BCUT2D eigenvalue weighted by Gasteiger charge is -2.36. The van der Waals surface area contributed by atoms with Crippen molar-refractivity contribution in [3.63, 3.8) is 0 Å². The van der Waals surface area contributed by atoms with E-state index in [0.29, 0.717) is 0 Å². The van der Waals surface area contributed by atoms with Gasteiger partial charge in [-0.15, -0.1) is 38.0 Å². The fourth-order valence-electron chi connectivity index (χ4n) is 3.51. The summed E-state index contributed by atoms with van der Waals surface area (Å²) in [6.07, 6.45) is -4.67. The molecular formula is C20H25Cl2F3N2O. The minimum atomic E-state index is -4.67. The molecule has 3 nitrogen and oxygen atoms in total. The molecule has 3 rings (SSSR count). The van der Waals surface area contributed by atoms with Crippen molar-refractivity contribution in [1.82, 2.24) is 10.2 Å². The summed E-state index contributed by atoms with van der Waals surface area (Å²) in [7, 11) is 0. The molecular weight excluding hydrogens is 412 g/mol. The van der Waals surface area contributed by atoms with Crippen LogP contribution in [0.25, 0.3) is 0 Å². The third-order valence-corrected chi connectivity index (χ3v) is 4.67. The zero-order valence-electron chi connectivity index (χ0n) is 15.8. The Bertz CT molecular complexity index is 748. The zero-order valence-corrected chi connectivity index (χ0v) is 17.4. The number of alkyl halides is 3. The van der Waals surface area contributed by atoms with Crippen LogP contribution in [0.3, 0.4) is 0 Å². The van der Waals surface area contributed by atoms with Gasteiger partial charge in [0.05, 0.1) is 6.04 Å². The predicted octanol–water partition coefficient (Wildman–Crippen LogP) is 5.04. The molecule has 1 saturated heterocycles. The predicted molar refractivity (Wildman–Crippen MR) is 110 cm³/mol. The lowest BCUT2D eigenvalue weighted by Crippen LogP contribution is -2.45. The van der Waals surface area contributed by atoms with Gasteiger partial charge in [0.1, 0.15) is 5.75 Å². The molecule has 156 valence electrons. The topological polar surface area (TPSA) is 24.5 Å². The summed E-state index contributed by atoms with van der Waals surface area (Å²) < 4.78 is 41.2. The average Bonchev–Trinajstić information content (AvgIpc) is 2.58. The average molecular weight is 437 g/mol. The summed E-state index contributed by atoms with van der Waals surface area (Å²) in [6, 6.07) is 12.6. The van der Waals surface area contributed by atoms with Crippen molar-refractivity contribution in [2.75, 3.05) is 26.2 Å². The SMILES string of the molecule is Cc1ccc([C@H](c2ccc(OC(F)(F)F)cc2)N2CCNCC2)c(C)c1.Cl.Cl. The fourth-order valence-corrected chi connectivity index (χ4v) is 3.51. The van der Waals surface area contributed by atoms with Crippen LogP contribution in [0.4, 0.5) is 13.2 Å². The second-order valence-corrected chi connectivity index (χ2v) is 6.67. The first-order valence-corrected chi connectivity index (χ1v) is 8.71. The van der Waals surface area contributed by atoms with Crippen LogP contribution in [-0.2, 0) is 0 Å². The van der Waals surface area contributed by atoms with E-state index in [0.717, 1.165) is 31.7 Å². The second-order valence-electron chi connectivity index (χ2n) is 6.67. The van der Waals surface area contributed by atoms with Gasteiger partial charge >= 0.3 is 6.36 Å². The van der Waals surface area contributed by atoms with Gasteiger partial charge in [-0.05, 0) is 42.7 Å². The molecule has 1 fully saturated rings. The van der Waals surface area contributed by atoms with Gasteiger partial charge in [0, 0.05) is 26.2 Å². The highest BCUT2D eigenvalue weighted by atomic mass is 35.5. The molecule has 0 aromatic heterocycles. The lowest BCUT2D eigenvalue weighted by molar-refractivity contribution is -0.274. The third-order valence-electron chi connectivity index (χ3n) is 4.67. The van der Waals surface area contributed by atoms with E-state index in [1.54, 1.807) is 12.1 Å². The highest BCUT2D eigenvalue weighted by molar-refractivity contribution is 5.85. The van der Waals surface area contributed by atoms with Gasteiger partial charge in [0.15, 0.2) is 0 Å². The minimum absolute atomic E-state index is 0. The van der Waals surface area contributed by atoms with Crippen LogP contribution in [0.2, 0.25) is 0 Å². The van der Waals surface area contributed by atoms with E-state index < -0.39 is 6.36 Å². The molecule has 0 spiro atoms. The van der Waals surface area contributed by atoms with Gasteiger partial charge in [-0.3, -0.25) is 4.90 Å². The van der Waals surface area contributed by atoms with Crippen molar-refractivity contribution in [1.29, 1.82) is 0 Å². The number of rotatable bonds is 4. The van der Waals surface area contributed by atoms with Gasteiger partial charge < -0.3 is 10.1 Å². The number of hydrogen-bond acceptors (Lipinski definition) is 3. The molecule has 1 N–H and O–H groups in total. The summed E-state index contributed by atoms with van der Waals surface area (Å²) in [4.78, 5) is 2.37. The van der Waals surface area contributed by atoms with E-state index in [1.165, 1.54) is 28.8 Å². The highest BCUT2D eigenvalue weighted by Crippen LogP contribution is 2.33. The number of hydrogen-bond donors (Lipinski definition) is 1.